The first-order chi connectivity index (χ1) is 20.2. The van der Waals surface area contributed by atoms with E-state index < -0.39 is 39.0 Å². The number of fused-ring (bicyclic) bond motifs is 3. The third-order valence-electron chi connectivity index (χ3n) is 6.33. The minimum atomic E-state index is -11.2. The fourth-order valence-corrected chi connectivity index (χ4v) is 4.79. The maximum atomic E-state index is 9.93. The van der Waals surface area contributed by atoms with Crippen LogP contribution in [0.25, 0.3) is 11.1 Å². The van der Waals surface area contributed by atoms with Gasteiger partial charge in [-0.3, -0.25) is 0 Å². The van der Waals surface area contributed by atoms with E-state index in [0.717, 1.165) is 0 Å². The fraction of sp³-hybridized carbons (Fsp3) is 0.0323. The summed E-state index contributed by atoms with van der Waals surface area (Å²) in [6.07, 6.45) is 24.3. The van der Waals surface area contributed by atoms with Gasteiger partial charge in [-0.15, -0.1) is 0 Å². The molecule has 0 nitrogen and oxygen atoms in total. The quantitative estimate of drug-likeness (QED) is 0.152. The first-order valence-corrected chi connectivity index (χ1v) is 24.4. The standard InChI is InChI=1S/C31H22.12FH.2Sb/c1-21-14-16-24(17-15-21)29-20-30(28-13-7-6-12-27(28)29)31-25-10-4-2-8-22(25)18-19-23-9-3-5-11-26(23)31;;;;;;;;;;;;;;/h2-20H,1H3;12*1H;;/q+2;;;;;;;;;;;;;2*+5/p-12. The molecular formula is C31H22F12Sb2. The van der Waals surface area contributed by atoms with Crippen molar-refractivity contribution in [2.24, 2.45) is 0 Å². The second-order valence-electron chi connectivity index (χ2n) is 10.2. The average Bonchev–Trinajstić information content (AvgIpc) is 3.16. The zero-order chi connectivity index (χ0) is 33.6. The number of benzene rings is 2. The van der Waals surface area contributed by atoms with E-state index in [-0.39, 0.29) is 0 Å². The van der Waals surface area contributed by atoms with Crippen molar-refractivity contribution in [3.63, 3.8) is 0 Å². The summed E-state index contributed by atoms with van der Waals surface area (Å²) in [6.45, 7) is 2.14. The van der Waals surface area contributed by atoms with E-state index in [9.17, 15) is 33.8 Å². The second-order valence-corrected chi connectivity index (χ2v) is 21.1. The summed E-state index contributed by atoms with van der Waals surface area (Å²) in [4.78, 5) is 0. The van der Waals surface area contributed by atoms with Crippen LogP contribution in [0.4, 0.5) is 33.8 Å². The average molecular weight is 866 g/mol. The topological polar surface area (TPSA) is 0 Å². The molecule has 0 N–H and O–H groups in total. The Balaban J connectivity index is 0.000000277. The summed E-state index contributed by atoms with van der Waals surface area (Å²) in [6, 6.07) is 17.7. The molecule has 240 valence electrons. The van der Waals surface area contributed by atoms with Crippen LogP contribution in [0.1, 0.15) is 22.3 Å². The van der Waals surface area contributed by atoms with E-state index in [4.69, 9.17) is 0 Å². The van der Waals surface area contributed by atoms with Crippen LogP contribution >= 0.6 is 0 Å². The Morgan fingerprint density at radius 1 is 0.533 bits per heavy atom. The van der Waals surface area contributed by atoms with E-state index in [2.05, 4.69) is 122 Å². The molecule has 4 aliphatic rings. The molecule has 14 heteroatoms. The van der Waals surface area contributed by atoms with E-state index in [1.54, 1.807) is 0 Å². The van der Waals surface area contributed by atoms with Gasteiger partial charge in [-0.25, -0.2) is 0 Å². The van der Waals surface area contributed by atoms with Gasteiger partial charge in [0.05, 0.1) is 29.2 Å². The Kier molecular flexibility index (Phi) is 8.08. The number of rotatable bonds is 1. The van der Waals surface area contributed by atoms with E-state index >= 15 is 0 Å². The molecule has 0 heterocycles. The first kappa shape index (κ1) is 34.8. The second kappa shape index (κ2) is 10.5. The zero-order valence-corrected chi connectivity index (χ0v) is 28.0. The van der Waals surface area contributed by atoms with E-state index in [1.165, 1.54) is 62.0 Å². The molecule has 0 saturated heterocycles. The molecule has 0 bridgehead atoms. The molecule has 0 amide bonds. The van der Waals surface area contributed by atoms with Gasteiger partial charge in [0.1, 0.15) is 11.5 Å². The van der Waals surface area contributed by atoms with Crippen molar-refractivity contribution in [2.75, 3.05) is 0 Å². The van der Waals surface area contributed by atoms with Crippen LogP contribution in [0.2, 0.25) is 0 Å². The summed E-state index contributed by atoms with van der Waals surface area (Å²) >= 11 is -22.5. The molecule has 45 heavy (non-hydrogen) atoms. The molecule has 0 atom stereocenters. The van der Waals surface area contributed by atoms with Crippen LogP contribution in [0.3, 0.4) is 0 Å². The fourth-order valence-electron chi connectivity index (χ4n) is 4.79. The molecule has 2 aromatic carbocycles. The monoisotopic (exact) mass is 864 g/mol. The Morgan fingerprint density at radius 2 is 0.956 bits per heavy atom. The molecular weight excluding hydrogens is 844 g/mol. The predicted molar refractivity (Wildman–Crippen MR) is 156 cm³/mol. The SMILES string of the molecule is Cc1ccc(C2=CC(=C3[C+]4C=CC=CC4=CC=C4C=CC=C[C+]43)c3ccccc32)cc1.[F][Sb-]([F])([F])([F])([F])[F].[F][Sb-]([F])([F])([F])([F])[F]. The third-order valence-corrected chi connectivity index (χ3v) is 6.33. The van der Waals surface area contributed by atoms with Crippen molar-refractivity contribution >= 4 is 50.1 Å². The summed E-state index contributed by atoms with van der Waals surface area (Å²) in [5.74, 6) is 2.57. The van der Waals surface area contributed by atoms with Crippen LogP contribution in [0.15, 0.2) is 132 Å². The number of halogens is 12. The summed E-state index contributed by atoms with van der Waals surface area (Å²) in [7, 11) is 0. The summed E-state index contributed by atoms with van der Waals surface area (Å²) in [5.41, 5.74) is 11.6. The molecule has 4 aliphatic carbocycles. The van der Waals surface area contributed by atoms with E-state index in [0.29, 0.717) is 0 Å². The van der Waals surface area contributed by atoms with E-state index in [1.807, 2.05) is 0 Å². The van der Waals surface area contributed by atoms with Crippen molar-refractivity contribution in [3.05, 3.63) is 166 Å². The minimum absolute atomic E-state index is 1.26. The first-order valence-electron chi connectivity index (χ1n) is 12.8. The van der Waals surface area contributed by atoms with Crippen LogP contribution < -0.4 is 0 Å². The zero-order valence-electron chi connectivity index (χ0n) is 22.9. The molecule has 6 rings (SSSR count). The van der Waals surface area contributed by atoms with Gasteiger partial charge >= 0.3 is 72.7 Å². The van der Waals surface area contributed by atoms with Gasteiger partial charge in [0.25, 0.3) is 0 Å². The normalized spacial score (nSPS) is 19.8. The number of allylic oxidation sites excluding steroid dienone is 15. The van der Waals surface area contributed by atoms with Gasteiger partial charge in [0.15, 0.2) is 5.57 Å². The Labute approximate surface area is 255 Å². The summed E-state index contributed by atoms with van der Waals surface area (Å²) < 4.78 is 119. The van der Waals surface area contributed by atoms with Crippen molar-refractivity contribution in [1.82, 2.24) is 0 Å². The Bertz CT molecular complexity index is 1670. The molecule has 0 aliphatic heterocycles. The van der Waals surface area contributed by atoms with Gasteiger partial charge in [0.2, 0.25) is 0 Å². The van der Waals surface area contributed by atoms with Crippen LogP contribution in [0, 0.1) is 18.8 Å². The Morgan fingerprint density at radius 3 is 1.40 bits per heavy atom. The van der Waals surface area contributed by atoms with Crippen LogP contribution in [-0.2, 0) is 0 Å². The third kappa shape index (κ3) is 11.6. The van der Waals surface area contributed by atoms with Gasteiger partial charge in [-0.1, -0.05) is 54.1 Å². The number of hydrogen-bond donors (Lipinski definition) is 0. The van der Waals surface area contributed by atoms with Crippen LogP contribution in [-0.4, -0.2) is 39.0 Å². The molecule has 0 aromatic heterocycles. The molecule has 0 spiro atoms. The maximum absolute atomic E-state index is 11.2. The van der Waals surface area contributed by atoms with Gasteiger partial charge in [-0.05, 0) is 30.7 Å². The summed E-state index contributed by atoms with van der Waals surface area (Å²) in [5, 5.41) is 0. The predicted octanol–water partition coefficient (Wildman–Crippen LogP) is 11.7. The van der Waals surface area contributed by atoms with Gasteiger partial charge in [-0.2, -0.15) is 0 Å². The van der Waals surface area contributed by atoms with Crippen molar-refractivity contribution in [2.45, 2.75) is 6.92 Å². The number of hydrogen-bond acceptors (Lipinski definition) is 0. The molecule has 0 unspecified atom stereocenters. The van der Waals surface area contributed by atoms with Gasteiger partial charge < -0.3 is 0 Å². The van der Waals surface area contributed by atoms with Crippen molar-refractivity contribution in [1.29, 1.82) is 0 Å². The molecule has 2 aromatic rings. The molecule has 0 radical (unpaired) electrons. The molecule has 0 fully saturated rings. The number of aryl methyl sites for hydroxylation is 1. The molecule has 0 saturated carbocycles. The van der Waals surface area contributed by atoms with Crippen molar-refractivity contribution < 1.29 is 33.8 Å². The van der Waals surface area contributed by atoms with Crippen LogP contribution in [0.5, 0.6) is 0 Å². The van der Waals surface area contributed by atoms with Crippen molar-refractivity contribution in [3.8, 4) is 0 Å². The van der Waals surface area contributed by atoms with Gasteiger partial charge in [0, 0.05) is 53.2 Å². The Hall–Kier alpha value is -3.10.